The third-order valence-electron chi connectivity index (χ3n) is 2.62. The summed E-state index contributed by atoms with van der Waals surface area (Å²) >= 11 is 0. The van der Waals surface area contributed by atoms with E-state index in [1.54, 1.807) is 6.92 Å². The summed E-state index contributed by atoms with van der Waals surface area (Å²) in [5.41, 5.74) is 0. The summed E-state index contributed by atoms with van der Waals surface area (Å²) in [5.74, 6) is -0.693. The van der Waals surface area contributed by atoms with Gasteiger partial charge < -0.3 is 14.2 Å². The fourth-order valence-electron chi connectivity index (χ4n) is 1.50. The molecule has 0 bridgehead atoms. The summed E-state index contributed by atoms with van der Waals surface area (Å²) in [6.45, 7) is 5.49. The number of carbonyl (C=O) groups is 2. The molecule has 0 aliphatic heterocycles. The number of ketones is 1. The second kappa shape index (κ2) is 5.68. The van der Waals surface area contributed by atoms with Crippen molar-refractivity contribution in [2.24, 2.45) is 0 Å². The minimum absolute atomic E-state index is 0.0110. The Kier molecular flexibility index (Phi) is 3.97. The number of hydrogen-bond acceptors (Lipinski definition) is 6. The van der Waals surface area contributed by atoms with Gasteiger partial charge in [-0.05, 0) is 19.1 Å². The number of rotatable bonds is 5. The van der Waals surface area contributed by atoms with E-state index in [2.05, 4.69) is 15.5 Å². The summed E-state index contributed by atoms with van der Waals surface area (Å²) in [7, 11) is 0. The fourth-order valence-corrected chi connectivity index (χ4v) is 1.50. The van der Waals surface area contributed by atoms with E-state index in [4.69, 9.17) is 8.83 Å². The molecule has 2 rings (SSSR count). The number of nitrogens with zero attached hydrogens (tertiary/aromatic N) is 2. The van der Waals surface area contributed by atoms with Gasteiger partial charge in [-0.25, -0.2) is 0 Å². The van der Waals surface area contributed by atoms with E-state index in [9.17, 15) is 9.59 Å². The van der Waals surface area contributed by atoms with Gasteiger partial charge in [-0.1, -0.05) is 13.8 Å². The Bertz CT molecular complexity index is 601. The number of nitrogens with one attached hydrogen (secondary N) is 1. The summed E-state index contributed by atoms with van der Waals surface area (Å²) < 4.78 is 10.3. The molecular formula is C13H15N3O4. The first-order chi connectivity index (χ1) is 9.49. The average Bonchev–Trinajstić information content (AvgIpc) is 3.08. The van der Waals surface area contributed by atoms with Crippen LogP contribution in [0.1, 0.15) is 55.1 Å². The fraction of sp³-hybridized carbons (Fsp3) is 0.385. The molecular weight excluding hydrogens is 262 g/mol. The smallest absolute Gasteiger partial charge is 0.296 e. The molecule has 0 spiro atoms. The van der Waals surface area contributed by atoms with E-state index < -0.39 is 17.7 Å². The van der Waals surface area contributed by atoms with Crippen molar-refractivity contribution in [1.82, 2.24) is 15.5 Å². The predicted octanol–water partition coefficient (Wildman–Crippen LogP) is 1.85. The maximum atomic E-state index is 11.8. The third-order valence-corrected chi connectivity index (χ3v) is 2.62. The van der Waals surface area contributed by atoms with Crippen LogP contribution < -0.4 is 5.32 Å². The van der Waals surface area contributed by atoms with Crippen LogP contribution >= 0.6 is 0 Å². The predicted molar refractivity (Wildman–Crippen MR) is 68.0 cm³/mol. The van der Waals surface area contributed by atoms with Crippen LogP contribution in [0.15, 0.2) is 27.2 Å². The van der Waals surface area contributed by atoms with Gasteiger partial charge in [0.05, 0.1) is 6.26 Å². The van der Waals surface area contributed by atoms with Crippen molar-refractivity contribution in [3.05, 3.63) is 35.9 Å². The van der Waals surface area contributed by atoms with E-state index in [0.29, 0.717) is 5.89 Å². The highest BCUT2D eigenvalue weighted by molar-refractivity contribution is 6.42. The molecule has 0 fully saturated rings. The standard InChI is InChI=1S/C13H15N3O4/c1-7(2)12-15-16-13(20-12)8(3)14-11(18)10(17)9-5-4-6-19-9/h4-8H,1-3H3,(H,14,18)/t8-/m0/s1. The summed E-state index contributed by atoms with van der Waals surface area (Å²) in [4.78, 5) is 23.5. The lowest BCUT2D eigenvalue weighted by Gasteiger charge is -2.08. The zero-order chi connectivity index (χ0) is 14.7. The molecule has 0 aliphatic rings. The molecule has 1 amide bonds. The Morgan fingerprint density at radius 1 is 1.20 bits per heavy atom. The first-order valence-corrected chi connectivity index (χ1v) is 6.21. The highest BCUT2D eigenvalue weighted by atomic mass is 16.4. The summed E-state index contributed by atoms with van der Waals surface area (Å²) in [5, 5.41) is 10.2. The van der Waals surface area contributed by atoms with E-state index >= 15 is 0 Å². The topological polar surface area (TPSA) is 98.2 Å². The second-order valence-corrected chi connectivity index (χ2v) is 4.63. The van der Waals surface area contributed by atoms with E-state index in [1.807, 2.05) is 13.8 Å². The molecule has 0 aliphatic carbocycles. The quantitative estimate of drug-likeness (QED) is 0.661. The lowest BCUT2D eigenvalue weighted by Crippen LogP contribution is -2.33. The van der Waals surface area contributed by atoms with Gasteiger partial charge in [0.25, 0.3) is 11.7 Å². The van der Waals surface area contributed by atoms with Crippen molar-refractivity contribution < 1.29 is 18.4 Å². The molecule has 7 nitrogen and oxygen atoms in total. The zero-order valence-electron chi connectivity index (χ0n) is 11.4. The molecule has 0 aromatic carbocycles. The molecule has 0 unspecified atom stereocenters. The monoisotopic (exact) mass is 277 g/mol. The van der Waals surface area contributed by atoms with E-state index in [0.717, 1.165) is 0 Å². The maximum absolute atomic E-state index is 11.8. The van der Waals surface area contributed by atoms with Gasteiger partial charge in [0.1, 0.15) is 6.04 Å². The van der Waals surface area contributed by atoms with Crippen LogP contribution in [0.5, 0.6) is 0 Å². The summed E-state index contributed by atoms with van der Waals surface area (Å²) in [6, 6.07) is 2.41. The van der Waals surface area contributed by atoms with Gasteiger partial charge in [0.15, 0.2) is 5.76 Å². The Morgan fingerprint density at radius 2 is 1.90 bits per heavy atom. The molecule has 7 heteroatoms. The average molecular weight is 277 g/mol. The third kappa shape index (κ3) is 2.93. The van der Waals surface area contributed by atoms with Crippen LogP contribution in [0.4, 0.5) is 0 Å². The van der Waals surface area contributed by atoms with Crippen LogP contribution in [0.25, 0.3) is 0 Å². The Hall–Kier alpha value is -2.44. The van der Waals surface area contributed by atoms with Crippen molar-refractivity contribution in [2.75, 3.05) is 0 Å². The minimum atomic E-state index is -0.781. The lowest BCUT2D eigenvalue weighted by atomic mass is 10.2. The Labute approximate surface area is 115 Å². The van der Waals surface area contributed by atoms with Crippen molar-refractivity contribution in [3.8, 4) is 0 Å². The summed E-state index contributed by atoms with van der Waals surface area (Å²) in [6.07, 6.45) is 1.33. The van der Waals surface area contributed by atoms with Crippen LogP contribution in [0.2, 0.25) is 0 Å². The van der Waals surface area contributed by atoms with Gasteiger partial charge >= 0.3 is 0 Å². The molecule has 1 atom stereocenters. The van der Waals surface area contributed by atoms with Gasteiger partial charge in [-0.15, -0.1) is 10.2 Å². The van der Waals surface area contributed by atoms with Crippen LogP contribution in [-0.4, -0.2) is 21.9 Å². The molecule has 0 radical (unpaired) electrons. The van der Waals surface area contributed by atoms with Gasteiger partial charge in [-0.2, -0.15) is 0 Å². The Morgan fingerprint density at radius 3 is 2.45 bits per heavy atom. The molecule has 20 heavy (non-hydrogen) atoms. The van der Waals surface area contributed by atoms with Gasteiger partial charge in [0, 0.05) is 5.92 Å². The molecule has 0 saturated heterocycles. The molecule has 106 valence electrons. The first kappa shape index (κ1) is 14.0. The normalized spacial score (nSPS) is 12.4. The number of amides is 1. The first-order valence-electron chi connectivity index (χ1n) is 6.21. The zero-order valence-corrected chi connectivity index (χ0v) is 11.4. The van der Waals surface area contributed by atoms with Crippen molar-refractivity contribution in [1.29, 1.82) is 0 Å². The minimum Gasteiger partial charge on any atom is -0.461 e. The van der Waals surface area contributed by atoms with Crippen LogP contribution in [-0.2, 0) is 4.79 Å². The van der Waals surface area contributed by atoms with Gasteiger partial charge in [-0.3, -0.25) is 9.59 Å². The molecule has 0 saturated carbocycles. The second-order valence-electron chi connectivity index (χ2n) is 4.63. The number of carbonyl (C=O) groups excluding carboxylic acids is 2. The van der Waals surface area contributed by atoms with E-state index in [1.165, 1.54) is 18.4 Å². The molecule has 1 N–H and O–H groups in total. The number of hydrogen-bond donors (Lipinski definition) is 1. The van der Waals surface area contributed by atoms with E-state index in [-0.39, 0.29) is 17.6 Å². The largest absolute Gasteiger partial charge is 0.461 e. The van der Waals surface area contributed by atoms with Crippen molar-refractivity contribution >= 4 is 11.7 Å². The van der Waals surface area contributed by atoms with Crippen LogP contribution in [0, 0.1) is 0 Å². The highest BCUT2D eigenvalue weighted by Crippen LogP contribution is 2.16. The van der Waals surface area contributed by atoms with Crippen LogP contribution in [0.3, 0.4) is 0 Å². The lowest BCUT2D eigenvalue weighted by molar-refractivity contribution is -0.117. The molecule has 2 aromatic heterocycles. The highest BCUT2D eigenvalue weighted by Gasteiger charge is 2.23. The number of Topliss-reactive ketones (excluding diaryl/α,β-unsaturated/α-hetero) is 1. The number of aromatic nitrogens is 2. The van der Waals surface area contributed by atoms with Gasteiger partial charge in [0.2, 0.25) is 11.8 Å². The SMILES string of the molecule is CC(C)c1nnc([C@H](C)NC(=O)C(=O)c2ccco2)o1. The number of furan rings is 1. The van der Waals surface area contributed by atoms with Crippen molar-refractivity contribution in [3.63, 3.8) is 0 Å². The molecule has 2 aromatic rings. The molecule has 2 heterocycles. The maximum Gasteiger partial charge on any atom is 0.296 e. The van der Waals surface area contributed by atoms with Crippen molar-refractivity contribution in [2.45, 2.75) is 32.7 Å². The Balaban J connectivity index is 2.01.